The summed E-state index contributed by atoms with van der Waals surface area (Å²) in [7, 11) is 0. The van der Waals surface area contributed by atoms with Crippen molar-refractivity contribution < 1.29 is 24.2 Å². The lowest BCUT2D eigenvalue weighted by molar-refractivity contribution is -0.129. The summed E-state index contributed by atoms with van der Waals surface area (Å²) in [6, 6.07) is 4.46. The van der Waals surface area contributed by atoms with Crippen LogP contribution in [0.2, 0.25) is 0 Å². The van der Waals surface area contributed by atoms with E-state index >= 15 is 0 Å². The number of aliphatic hydroxyl groups excluding tert-OH is 1. The molecular weight excluding hydrogens is 338 g/mol. The highest BCUT2D eigenvalue weighted by atomic mass is 16.5. The van der Waals surface area contributed by atoms with Crippen molar-refractivity contribution in [1.82, 2.24) is 10.2 Å². The molecule has 0 spiro atoms. The van der Waals surface area contributed by atoms with E-state index in [1.807, 2.05) is 6.07 Å². The van der Waals surface area contributed by atoms with Crippen molar-refractivity contribution in [3.05, 3.63) is 34.9 Å². The number of amides is 3. The van der Waals surface area contributed by atoms with Crippen LogP contribution in [0.5, 0.6) is 0 Å². The first-order valence-corrected chi connectivity index (χ1v) is 8.79. The molecule has 1 fully saturated rings. The quantitative estimate of drug-likeness (QED) is 0.456. The van der Waals surface area contributed by atoms with Crippen LogP contribution in [0, 0.1) is 0 Å². The molecule has 2 heterocycles. The maximum Gasteiger partial charge on any atom is 0.262 e. The highest BCUT2D eigenvalue weighted by Gasteiger charge is 2.45. The molecule has 0 aliphatic carbocycles. The monoisotopic (exact) mass is 361 g/mol. The minimum Gasteiger partial charge on any atom is -0.380 e. The van der Waals surface area contributed by atoms with Gasteiger partial charge in [0, 0.05) is 19.6 Å². The van der Waals surface area contributed by atoms with Gasteiger partial charge in [-0.15, -0.1) is 0 Å². The topological polar surface area (TPSA) is 122 Å². The summed E-state index contributed by atoms with van der Waals surface area (Å²) in [4.78, 5) is 38.1. The third kappa shape index (κ3) is 3.48. The molecule has 0 aromatic heterocycles. The highest BCUT2D eigenvalue weighted by molar-refractivity contribution is 6.22. The van der Waals surface area contributed by atoms with Crippen molar-refractivity contribution in [2.24, 2.45) is 5.73 Å². The van der Waals surface area contributed by atoms with E-state index in [9.17, 15) is 19.5 Å². The van der Waals surface area contributed by atoms with Gasteiger partial charge in [-0.05, 0) is 30.9 Å². The number of aliphatic hydroxyl groups is 1. The van der Waals surface area contributed by atoms with Gasteiger partial charge in [0.1, 0.15) is 6.23 Å². The average molecular weight is 361 g/mol. The standard InChI is InChI=1S/C18H23N3O5/c19-8-10-26-9-2-4-11-3-1-5-12-15(11)18(25)21(17(12)24)13-6-7-14(22)20-16(13)23/h1,3,5,13,16,23H,2,4,6-10,19H2,(H,20,22). The summed E-state index contributed by atoms with van der Waals surface area (Å²) in [5.74, 6) is -1.13. The molecule has 26 heavy (non-hydrogen) atoms. The van der Waals surface area contributed by atoms with E-state index < -0.39 is 24.1 Å². The molecule has 2 aliphatic heterocycles. The van der Waals surface area contributed by atoms with E-state index in [0.29, 0.717) is 43.7 Å². The number of benzene rings is 1. The molecule has 0 radical (unpaired) electrons. The molecule has 3 rings (SSSR count). The van der Waals surface area contributed by atoms with Gasteiger partial charge < -0.3 is 20.9 Å². The van der Waals surface area contributed by atoms with E-state index in [2.05, 4.69) is 5.32 Å². The van der Waals surface area contributed by atoms with Crippen LogP contribution in [0.1, 0.15) is 45.5 Å². The van der Waals surface area contributed by atoms with E-state index in [1.54, 1.807) is 12.1 Å². The zero-order chi connectivity index (χ0) is 18.7. The van der Waals surface area contributed by atoms with Crippen molar-refractivity contribution in [2.75, 3.05) is 19.8 Å². The maximum atomic E-state index is 12.9. The van der Waals surface area contributed by atoms with Crippen LogP contribution in [0.4, 0.5) is 0 Å². The van der Waals surface area contributed by atoms with Crippen molar-refractivity contribution in [2.45, 2.75) is 38.0 Å². The Balaban J connectivity index is 1.77. The van der Waals surface area contributed by atoms with Crippen LogP contribution >= 0.6 is 0 Å². The number of nitrogens with zero attached hydrogens (tertiary/aromatic N) is 1. The van der Waals surface area contributed by atoms with Crippen molar-refractivity contribution in [3.8, 4) is 0 Å². The average Bonchev–Trinajstić information content (AvgIpc) is 2.87. The second-order valence-electron chi connectivity index (χ2n) is 6.44. The summed E-state index contributed by atoms with van der Waals surface area (Å²) in [5.41, 5.74) is 6.90. The number of carbonyl (C=O) groups excluding carboxylic acids is 3. The number of hydrogen-bond acceptors (Lipinski definition) is 6. The lowest BCUT2D eigenvalue weighted by atomic mass is 9.99. The highest BCUT2D eigenvalue weighted by Crippen LogP contribution is 2.31. The van der Waals surface area contributed by atoms with Crippen LogP contribution in [0.25, 0.3) is 0 Å². The van der Waals surface area contributed by atoms with E-state index in [-0.39, 0.29) is 18.7 Å². The molecule has 4 N–H and O–H groups in total. The Morgan fingerprint density at radius 1 is 1.23 bits per heavy atom. The van der Waals surface area contributed by atoms with Gasteiger partial charge in [-0.2, -0.15) is 0 Å². The molecule has 2 unspecified atom stereocenters. The van der Waals surface area contributed by atoms with E-state index in [1.165, 1.54) is 0 Å². The Morgan fingerprint density at radius 3 is 2.77 bits per heavy atom. The van der Waals surface area contributed by atoms with Gasteiger partial charge in [0.2, 0.25) is 5.91 Å². The van der Waals surface area contributed by atoms with Crippen LogP contribution in [0.3, 0.4) is 0 Å². The number of ether oxygens (including phenoxy) is 1. The Hall–Kier alpha value is -2.29. The Labute approximate surface area is 151 Å². The molecule has 3 amide bonds. The summed E-state index contributed by atoms with van der Waals surface area (Å²) in [5, 5.41) is 12.5. The fourth-order valence-electron chi connectivity index (χ4n) is 3.47. The number of fused-ring (bicyclic) bond motifs is 1. The fourth-order valence-corrected chi connectivity index (χ4v) is 3.47. The third-order valence-corrected chi connectivity index (χ3v) is 4.70. The van der Waals surface area contributed by atoms with Crippen molar-refractivity contribution in [1.29, 1.82) is 0 Å². The number of imide groups is 1. The number of hydrogen-bond donors (Lipinski definition) is 3. The normalized spacial score (nSPS) is 22.5. The molecule has 2 aliphatic rings. The van der Waals surface area contributed by atoms with Gasteiger partial charge in [-0.25, -0.2) is 0 Å². The van der Waals surface area contributed by atoms with Gasteiger partial charge in [-0.3, -0.25) is 19.3 Å². The first-order chi connectivity index (χ1) is 12.5. The van der Waals surface area contributed by atoms with Crippen LogP contribution < -0.4 is 11.1 Å². The molecule has 8 heteroatoms. The van der Waals surface area contributed by atoms with Gasteiger partial charge in [0.25, 0.3) is 11.8 Å². The summed E-state index contributed by atoms with van der Waals surface area (Å²) >= 11 is 0. The van der Waals surface area contributed by atoms with Gasteiger partial charge in [0.15, 0.2) is 0 Å². The van der Waals surface area contributed by atoms with Crippen LogP contribution in [-0.4, -0.2) is 59.8 Å². The number of nitrogens with one attached hydrogen (secondary N) is 1. The maximum absolute atomic E-state index is 12.9. The number of rotatable bonds is 7. The molecule has 0 bridgehead atoms. The molecule has 1 aromatic carbocycles. The number of aryl methyl sites for hydroxylation is 1. The van der Waals surface area contributed by atoms with Gasteiger partial charge in [-0.1, -0.05) is 12.1 Å². The predicted molar refractivity (Wildman–Crippen MR) is 92.3 cm³/mol. The minimum atomic E-state index is -1.24. The fraction of sp³-hybridized carbons (Fsp3) is 0.500. The lowest BCUT2D eigenvalue weighted by Crippen LogP contribution is -2.57. The van der Waals surface area contributed by atoms with Gasteiger partial charge in [0.05, 0.1) is 23.8 Å². The number of nitrogens with two attached hydrogens (primary N) is 1. The first kappa shape index (κ1) is 18.5. The number of piperidine rings is 1. The van der Waals surface area contributed by atoms with Crippen LogP contribution in [0.15, 0.2) is 18.2 Å². The summed E-state index contributed by atoms with van der Waals surface area (Å²) in [6.45, 7) is 1.48. The van der Waals surface area contributed by atoms with Crippen molar-refractivity contribution >= 4 is 17.7 Å². The second kappa shape index (κ2) is 7.94. The molecule has 8 nitrogen and oxygen atoms in total. The third-order valence-electron chi connectivity index (χ3n) is 4.70. The summed E-state index contributed by atoms with van der Waals surface area (Å²) < 4.78 is 5.35. The molecule has 1 aromatic rings. The lowest BCUT2D eigenvalue weighted by Gasteiger charge is -2.33. The Morgan fingerprint density at radius 2 is 2.04 bits per heavy atom. The molecular formula is C18H23N3O5. The zero-order valence-electron chi connectivity index (χ0n) is 14.4. The SMILES string of the molecule is NCCOCCCc1cccc2c1C(=O)N(C1CCC(=O)NC1O)C2=O. The smallest absolute Gasteiger partial charge is 0.262 e. The van der Waals surface area contributed by atoms with Crippen LogP contribution in [-0.2, 0) is 16.0 Å². The predicted octanol–water partition coefficient (Wildman–Crippen LogP) is -0.212. The Kier molecular flexibility index (Phi) is 5.65. The zero-order valence-corrected chi connectivity index (χ0v) is 14.4. The Bertz CT molecular complexity index is 721. The van der Waals surface area contributed by atoms with Crippen molar-refractivity contribution in [3.63, 3.8) is 0 Å². The number of carbonyl (C=O) groups is 3. The van der Waals surface area contributed by atoms with E-state index in [0.717, 1.165) is 10.5 Å². The summed E-state index contributed by atoms with van der Waals surface area (Å²) in [6.07, 6.45) is 0.484. The molecule has 140 valence electrons. The van der Waals surface area contributed by atoms with Gasteiger partial charge >= 0.3 is 0 Å². The molecule has 2 atom stereocenters. The minimum absolute atomic E-state index is 0.167. The largest absolute Gasteiger partial charge is 0.380 e. The first-order valence-electron chi connectivity index (χ1n) is 8.79. The second-order valence-corrected chi connectivity index (χ2v) is 6.44. The molecule has 0 saturated carbocycles. The molecule has 1 saturated heterocycles. The van der Waals surface area contributed by atoms with E-state index in [4.69, 9.17) is 10.5 Å².